The highest BCUT2D eigenvalue weighted by atomic mass is 19.4. The van der Waals surface area contributed by atoms with Gasteiger partial charge in [0.15, 0.2) is 5.82 Å². The molecule has 2 rings (SSSR count). The van der Waals surface area contributed by atoms with Crippen LogP contribution in [0.2, 0.25) is 0 Å². The van der Waals surface area contributed by atoms with Crippen molar-refractivity contribution in [3.8, 4) is 0 Å². The van der Waals surface area contributed by atoms with Crippen LogP contribution < -0.4 is 5.01 Å². The molecule has 1 aliphatic rings. The number of anilines is 1. The molecule has 0 aliphatic carbocycles. The van der Waals surface area contributed by atoms with Crippen LogP contribution in [0.1, 0.15) is 18.4 Å². The topological polar surface area (TPSA) is 31.7 Å². The maximum atomic E-state index is 12.5. The van der Waals surface area contributed by atoms with Gasteiger partial charge in [0.2, 0.25) is 0 Å². The molecular weight excluding hydrogens is 281 g/mol. The van der Waals surface area contributed by atoms with Crippen LogP contribution in [-0.2, 0) is 6.18 Å². The van der Waals surface area contributed by atoms with E-state index in [2.05, 4.69) is 21.6 Å². The van der Waals surface area contributed by atoms with Gasteiger partial charge in [-0.1, -0.05) is 6.58 Å². The number of nitrogens with zero attached hydrogens (tertiary/aromatic N) is 4. The Morgan fingerprint density at radius 3 is 2.48 bits per heavy atom. The SMILES string of the molecule is C=CN(N=C1CCN(C)CC1)c1ccc(C(F)(F)F)cn1. The summed E-state index contributed by atoms with van der Waals surface area (Å²) in [4.78, 5) is 6.02. The summed E-state index contributed by atoms with van der Waals surface area (Å²) in [7, 11) is 2.04. The van der Waals surface area contributed by atoms with Crippen molar-refractivity contribution in [2.75, 3.05) is 25.1 Å². The van der Waals surface area contributed by atoms with Gasteiger partial charge in [-0.3, -0.25) is 0 Å². The first-order valence-corrected chi connectivity index (χ1v) is 6.60. The van der Waals surface area contributed by atoms with Crippen LogP contribution in [0.15, 0.2) is 36.2 Å². The van der Waals surface area contributed by atoms with Crippen LogP contribution in [-0.4, -0.2) is 35.7 Å². The molecule has 0 aromatic carbocycles. The third kappa shape index (κ3) is 4.04. The predicted molar refractivity (Wildman–Crippen MR) is 76.1 cm³/mol. The minimum Gasteiger partial charge on any atom is -0.306 e. The molecule has 1 aromatic heterocycles. The van der Waals surface area contributed by atoms with Crippen molar-refractivity contribution in [2.45, 2.75) is 19.0 Å². The van der Waals surface area contributed by atoms with Crippen LogP contribution in [0.5, 0.6) is 0 Å². The van der Waals surface area contributed by atoms with Gasteiger partial charge in [-0.2, -0.15) is 18.3 Å². The fraction of sp³-hybridized carbons (Fsp3) is 0.429. The van der Waals surface area contributed by atoms with E-state index in [9.17, 15) is 13.2 Å². The van der Waals surface area contributed by atoms with Crippen molar-refractivity contribution in [3.05, 3.63) is 36.7 Å². The summed E-state index contributed by atoms with van der Waals surface area (Å²) in [5, 5.41) is 5.83. The first-order valence-electron chi connectivity index (χ1n) is 6.60. The molecule has 0 bridgehead atoms. The largest absolute Gasteiger partial charge is 0.417 e. The van der Waals surface area contributed by atoms with Crippen molar-refractivity contribution >= 4 is 11.5 Å². The number of likely N-dealkylation sites (tertiary alicyclic amines) is 1. The van der Waals surface area contributed by atoms with E-state index in [1.807, 2.05) is 7.05 Å². The third-order valence-electron chi connectivity index (χ3n) is 3.30. The molecular formula is C14H17F3N4. The normalized spacial score (nSPS) is 16.7. The van der Waals surface area contributed by atoms with Gasteiger partial charge in [-0.15, -0.1) is 0 Å². The zero-order valence-corrected chi connectivity index (χ0v) is 11.8. The van der Waals surface area contributed by atoms with Crippen molar-refractivity contribution in [1.82, 2.24) is 9.88 Å². The van der Waals surface area contributed by atoms with E-state index in [0.29, 0.717) is 5.82 Å². The van der Waals surface area contributed by atoms with Crippen LogP contribution in [0.3, 0.4) is 0 Å². The molecule has 114 valence electrons. The molecule has 1 aromatic rings. The van der Waals surface area contributed by atoms with Gasteiger partial charge in [0.25, 0.3) is 0 Å². The molecule has 1 aliphatic heterocycles. The smallest absolute Gasteiger partial charge is 0.306 e. The first kappa shape index (κ1) is 15.5. The maximum Gasteiger partial charge on any atom is 0.417 e. The number of aromatic nitrogens is 1. The second-order valence-electron chi connectivity index (χ2n) is 4.90. The molecule has 0 radical (unpaired) electrons. The van der Waals surface area contributed by atoms with Gasteiger partial charge in [0, 0.05) is 44.0 Å². The van der Waals surface area contributed by atoms with E-state index in [0.717, 1.165) is 43.9 Å². The van der Waals surface area contributed by atoms with Gasteiger partial charge in [0.05, 0.1) is 5.56 Å². The summed E-state index contributed by atoms with van der Waals surface area (Å²) in [5.74, 6) is 0.324. The number of rotatable bonds is 3. The van der Waals surface area contributed by atoms with E-state index in [4.69, 9.17) is 0 Å². The highest BCUT2D eigenvalue weighted by Gasteiger charge is 2.30. The van der Waals surface area contributed by atoms with Gasteiger partial charge in [-0.05, 0) is 19.2 Å². The zero-order chi connectivity index (χ0) is 15.5. The number of hydrogen-bond acceptors (Lipinski definition) is 4. The minimum atomic E-state index is -4.38. The Morgan fingerprint density at radius 1 is 1.33 bits per heavy atom. The lowest BCUT2D eigenvalue weighted by Crippen LogP contribution is -2.31. The molecule has 7 heteroatoms. The quantitative estimate of drug-likeness (QED) is 0.804. The zero-order valence-electron chi connectivity index (χ0n) is 11.8. The molecule has 0 atom stereocenters. The van der Waals surface area contributed by atoms with Gasteiger partial charge in [0.1, 0.15) is 0 Å². The lowest BCUT2D eigenvalue weighted by Gasteiger charge is -2.24. The van der Waals surface area contributed by atoms with Gasteiger partial charge >= 0.3 is 6.18 Å². The highest BCUT2D eigenvalue weighted by molar-refractivity contribution is 5.86. The molecule has 4 nitrogen and oxygen atoms in total. The summed E-state index contributed by atoms with van der Waals surface area (Å²) >= 11 is 0. The molecule has 0 saturated carbocycles. The number of pyridine rings is 1. The molecule has 0 spiro atoms. The second-order valence-corrected chi connectivity index (χ2v) is 4.90. The van der Waals surface area contributed by atoms with Crippen molar-refractivity contribution < 1.29 is 13.2 Å². The molecule has 2 heterocycles. The molecule has 21 heavy (non-hydrogen) atoms. The molecule has 1 fully saturated rings. The highest BCUT2D eigenvalue weighted by Crippen LogP contribution is 2.29. The lowest BCUT2D eigenvalue weighted by molar-refractivity contribution is -0.137. The number of alkyl halides is 3. The average Bonchev–Trinajstić information content (AvgIpc) is 2.46. The molecule has 0 amide bonds. The van der Waals surface area contributed by atoms with E-state index < -0.39 is 11.7 Å². The lowest BCUT2D eigenvalue weighted by atomic mass is 10.1. The van der Waals surface area contributed by atoms with Gasteiger partial charge in [-0.25, -0.2) is 9.99 Å². The number of hydrogen-bond donors (Lipinski definition) is 0. The second kappa shape index (κ2) is 6.26. The number of hydrazone groups is 1. The van der Waals surface area contributed by atoms with Gasteiger partial charge < -0.3 is 4.90 Å². The summed E-state index contributed by atoms with van der Waals surface area (Å²) < 4.78 is 37.5. The van der Waals surface area contributed by atoms with Crippen LogP contribution >= 0.6 is 0 Å². The Labute approximate surface area is 121 Å². The van der Waals surface area contributed by atoms with Crippen molar-refractivity contribution in [1.29, 1.82) is 0 Å². The Hall–Kier alpha value is -1.89. The third-order valence-corrected chi connectivity index (χ3v) is 3.30. The standard InChI is InChI=1S/C14H17F3N4/c1-3-21(19-12-6-8-20(2)9-7-12)13-5-4-11(10-18-13)14(15,16)17/h3-5,10H,1,6-9H2,2H3. The fourth-order valence-corrected chi connectivity index (χ4v) is 2.00. The van der Waals surface area contributed by atoms with E-state index in [1.165, 1.54) is 17.3 Å². The maximum absolute atomic E-state index is 12.5. The summed E-state index contributed by atoms with van der Waals surface area (Å²) in [6, 6.07) is 2.29. The first-order chi connectivity index (χ1) is 9.90. The van der Waals surface area contributed by atoms with Crippen LogP contribution in [0.4, 0.5) is 19.0 Å². The van der Waals surface area contributed by atoms with E-state index in [-0.39, 0.29) is 0 Å². The monoisotopic (exact) mass is 298 g/mol. The summed E-state index contributed by atoms with van der Waals surface area (Å²) in [6.07, 6.45) is -0.463. The molecule has 0 unspecified atom stereocenters. The van der Waals surface area contributed by atoms with E-state index >= 15 is 0 Å². The van der Waals surface area contributed by atoms with Crippen molar-refractivity contribution in [2.24, 2.45) is 5.10 Å². The van der Waals surface area contributed by atoms with E-state index in [1.54, 1.807) is 0 Å². The number of halogens is 3. The fourth-order valence-electron chi connectivity index (χ4n) is 2.00. The molecule has 0 N–H and O–H groups in total. The van der Waals surface area contributed by atoms with Crippen LogP contribution in [0, 0.1) is 0 Å². The Morgan fingerprint density at radius 2 is 2.00 bits per heavy atom. The summed E-state index contributed by atoms with van der Waals surface area (Å²) in [6.45, 7) is 5.48. The Bertz CT molecular complexity index is 512. The Balaban J connectivity index is 2.14. The average molecular weight is 298 g/mol. The molecule has 1 saturated heterocycles. The van der Waals surface area contributed by atoms with Crippen molar-refractivity contribution in [3.63, 3.8) is 0 Å². The van der Waals surface area contributed by atoms with Crippen LogP contribution in [0.25, 0.3) is 0 Å². The summed E-state index contributed by atoms with van der Waals surface area (Å²) in [5.41, 5.74) is 0.219. The number of piperidine rings is 1. The predicted octanol–water partition coefficient (Wildman–Crippen LogP) is 3.13. The minimum absolute atomic E-state index is 0.324. The Kier molecular flexibility index (Phi) is 4.62.